The van der Waals surface area contributed by atoms with Gasteiger partial charge < -0.3 is 10.1 Å². The maximum Gasteiger partial charge on any atom is 0.0587 e. The van der Waals surface area contributed by atoms with E-state index in [0.717, 1.165) is 19.7 Å². The van der Waals surface area contributed by atoms with Gasteiger partial charge in [-0.2, -0.15) is 0 Å². The molecule has 0 aliphatic heterocycles. The molecule has 0 aliphatic carbocycles. The fraction of sp³-hybridized carbons (Fsp3) is 0.625. The number of hydrogen-bond acceptors (Lipinski definition) is 2. The fourth-order valence-electron chi connectivity index (χ4n) is 2.00. The topological polar surface area (TPSA) is 21.3 Å². The van der Waals surface area contributed by atoms with Gasteiger partial charge in [-0.25, -0.2) is 0 Å². The van der Waals surface area contributed by atoms with Crippen molar-refractivity contribution in [3.63, 3.8) is 0 Å². The third kappa shape index (κ3) is 5.65. The highest BCUT2D eigenvalue weighted by Crippen LogP contribution is 2.13. The second-order valence-corrected chi connectivity index (χ2v) is 5.26. The van der Waals surface area contributed by atoms with Crippen LogP contribution in [0.4, 0.5) is 0 Å². The number of nitrogens with one attached hydrogen (secondary N) is 1. The van der Waals surface area contributed by atoms with Crippen LogP contribution >= 0.6 is 0 Å². The van der Waals surface area contributed by atoms with Crippen LogP contribution in [-0.4, -0.2) is 26.8 Å². The maximum atomic E-state index is 5.01. The molecule has 2 nitrogen and oxygen atoms in total. The standard InChI is InChI=1S/C16H27NO/c1-13(12-17-9-10-18-4)5-7-16-8-6-14(2)15(3)11-16/h6,8,11,13,17H,5,7,9-10,12H2,1-4H3. The molecule has 0 radical (unpaired) electrons. The van der Waals surface area contributed by atoms with E-state index in [1.54, 1.807) is 7.11 Å². The van der Waals surface area contributed by atoms with Crippen molar-refractivity contribution in [1.82, 2.24) is 5.32 Å². The highest BCUT2D eigenvalue weighted by atomic mass is 16.5. The number of methoxy groups -OCH3 is 1. The van der Waals surface area contributed by atoms with E-state index in [1.165, 1.54) is 29.5 Å². The SMILES string of the molecule is COCCNCC(C)CCc1ccc(C)c(C)c1. The van der Waals surface area contributed by atoms with Gasteiger partial charge in [0.05, 0.1) is 6.61 Å². The molecule has 0 aromatic heterocycles. The van der Waals surface area contributed by atoms with Crippen molar-refractivity contribution in [2.24, 2.45) is 5.92 Å². The zero-order valence-corrected chi connectivity index (χ0v) is 12.3. The minimum absolute atomic E-state index is 0.712. The average Bonchev–Trinajstić information content (AvgIpc) is 2.36. The lowest BCUT2D eigenvalue weighted by atomic mass is 9.98. The molecule has 0 spiro atoms. The van der Waals surface area contributed by atoms with Crippen LogP contribution in [0.1, 0.15) is 30.0 Å². The first-order chi connectivity index (χ1) is 8.63. The van der Waals surface area contributed by atoms with E-state index in [0.29, 0.717) is 5.92 Å². The highest BCUT2D eigenvalue weighted by Gasteiger charge is 2.03. The summed E-state index contributed by atoms with van der Waals surface area (Å²) in [5.41, 5.74) is 4.24. The first kappa shape index (κ1) is 15.2. The Labute approximate surface area is 112 Å². The van der Waals surface area contributed by atoms with E-state index >= 15 is 0 Å². The van der Waals surface area contributed by atoms with Crippen molar-refractivity contribution in [2.45, 2.75) is 33.6 Å². The Kier molecular flexibility index (Phi) is 6.99. The normalized spacial score (nSPS) is 12.7. The Morgan fingerprint density at radius 1 is 1.22 bits per heavy atom. The zero-order valence-electron chi connectivity index (χ0n) is 12.3. The van der Waals surface area contributed by atoms with Gasteiger partial charge in [-0.15, -0.1) is 0 Å². The second-order valence-electron chi connectivity index (χ2n) is 5.26. The Balaban J connectivity index is 2.24. The first-order valence-electron chi connectivity index (χ1n) is 6.89. The number of ether oxygens (including phenoxy) is 1. The Morgan fingerprint density at radius 2 is 2.00 bits per heavy atom. The summed E-state index contributed by atoms with van der Waals surface area (Å²) >= 11 is 0. The van der Waals surface area contributed by atoms with E-state index in [-0.39, 0.29) is 0 Å². The molecule has 0 aliphatic rings. The predicted molar refractivity (Wildman–Crippen MR) is 78.1 cm³/mol. The van der Waals surface area contributed by atoms with E-state index in [9.17, 15) is 0 Å². The Morgan fingerprint density at radius 3 is 2.67 bits per heavy atom. The van der Waals surface area contributed by atoms with Crippen LogP contribution < -0.4 is 5.32 Å². The van der Waals surface area contributed by atoms with Crippen LogP contribution in [0.3, 0.4) is 0 Å². The van der Waals surface area contributed by atoms with E-state index in [2.05, 4.69) is 44.3 Å². The average molecular weight is 249 g/mol. The van der Waals surface area contributed by atoms with E-state index in [4.69, 9.17) is 4.74 Å². The molecule has 1 atom stereocenters. The Bertz CT molecular complexity index is 349. The van der Waals surface area contributed by atoms with Crippen molar-refractivity contribution >= 4 is 0 Å². The first-order valence-corrected chi connectivity index (χ1v) is 6.89. The summed E-state index contributed by atoms with van der Waals surface area (Å²) in [5, 5.41) is 3.42. The fourth-order valence-corrected chi connectivity index (χ4v) is 2.00. The summed E-state index contributed by atoms with van der Waals surface area (Å²) in [7, 11) is 1.74. The third-order valence-corrected chi connectivity index (χ3v) is 3.47. The molecule has 2 heteroatoms. The van der Waals surface area contributed by atoms with Crippen LogP contribution in [0, 0.1) is 19.8 Å². The third-order valence-electron chi connectivity index (χ3n) is 3.47. The van der Waals surface area contributed by atoms with Crippen molar-refractivity contribution in [3.05, 3.63) is 34.9 Å². The molecule has 1 aromatic carbocycles. The summed E-state index contributed by atoms with van der Waals surface area (Å²) in [6.07, 6.45) is 2.41. The smallest absolute Gasteiger partial charge is 0.0587 e. The molecule has 0 bridgehead atoms. The number of rotatable bonds is 8. The molecule has 0 heterocycles. The van der Waals surface area contributed by atoms with Gasteiger partial charge in [-0.3, -0.25) is 0 Å². The van der Waals surface area contributed by atoms with Gasteiger partial charge in [0, 0.05) is 13.7 Å². The molecule has 0 saturated heterocycles. The lowest BCUT2D eigenvalue weighted by Gasteiger charge is -2.13. The van der Waals surface area contributed by atoms with Gasteiger partial charge in [0.25, 0.3) is 0 Å². The minimum atomic E-state index is 0.712. The molecule has 102 valence electrons. The summed E-state index contributed by atoms with van der Waals surface area (Å²) in [6, 6.07) is 6.81. The predicted octanol–water partition coefficient (Wildman–Crippen LogP) is 3.11. The van der Waals surface area contributed by atoms with Gasteiger partial charge in [0.1, 0.15) is 0 Å². The van der Waals surface area contributed by atoms with Crippen LogP contribution in [0.5, 0.6) is 0 Å². The van der Waals surface area contributed by atoms with Gasteiger partial charge >= 0.3 is 0 Å². The largest absolute Gasteiger partial charge is 0.383 e. The van der Waals surface area contributed by atoms with Crippen LogP contribution in [0.2, 0.25) is 0 Å². The molecule has 0 fully saturated rings. The maximum absolute atomic E-state index is 5.01. The monoisotopic (exact) mass is 249 g/mol. The summed E-state index contributed by atoms with van der Waals surface area (Å²) in [6.45, 7) is 9.49. The van der Waals surface area contributed by atoms with Gasteiger partial charge in [0.15, 0.2) is 0 Å². The van der Waals surface area contributed by atoms with Crippen LogP contribution in [-0.2, 0) is 11.2 Å². The van der Waals surface area contributed by atoms with Crippen molar-refractivity contribution < 1.29 is 4.74 Å². The quantitative estimate of drug-likeness (QED) is 0.715. The lowest BCUT2D eigenvalue weighted by Crippen LogP contribution is -2.25. The Hall–Kier alpha value is -0.860. The molecule has 0 amide bonds. The molecule has 1 rings (SSSR count). The summed E-state index contributed by atoms with van der Waals surface area (Å²) < 4.78 is 5.01. The number of aryl methyl sites for hydroxylation is 3. The van der Waals surface area contributed by atoms with E-state index in [1.807, 2.05) is 0 Å². The summed E-state index contributed by atoms with van der Waals surface area (Å²) in [4.78, 5) is 0. The van der Waals surface area contributed by atoms with Crippen LogP contribution in [0.25, 0.3) is 0 Å². The lowest BCUT2D eigenvalue weighted by molar-refractivity contribution is 0.198. The minimum Gasteiger partial charge on any atom is -0.383 e. The number of hydrogen-bond donors (Lipinski definition) is 1. The van der Waals surface area contributed by atoms with E-state index < -0.39 is 0 Å². The molecule has 1 N–H and O–H groups in total. The van der Waals surface area contributed by atoms with Crippen molar-refractivity contribution in [1.29, 1.82) is 0 Å². The highest BCUT2D eigenvalue weighted by molar-refractivity contribution is 5.29. The molecule has 1 aromatic rings. The molecule has 0 saturated carbocycles. The van der Waals surface area contributed by atoms with Gasteiger partial charge in [-0.1, -0.05) is 25.1 Å². The summed E-state index contributed by atoms with van der Waals surface area (Å²) in [5.74, 6) is 0.712. The zero-order chi connectivity index (χ0) is 13.4. The van der Waals surface area contributed by atoms with Gasteiger partial charge in [0.2, 0.25) is 0 Å². The van der Waals surface area contributed by atoms with Crippen LogP contribution in [0.15, 0.2) is 18.2 Å². The number of benzene rings is 1. The molecular weight excluding hydrogens is 222 g/mol. The van der Waals surface area contributed by atoms with Crippen molar-refractivity contribution in [3.8, 4) is 0 Å². The van der Waals surface area contributed by atoms with Crippen molar-refractivity contribution in [2.75, 3.05) is 26.8 Å². The second kappa shape index (κ2) is 8.28. The molecule has 1 unspecified atom stereocenters. The molecular formula is C16H27NO. The molecule has 18 heavy (non-hydrogen) atoms. The van der Waals surface area contributed by atoms with Gasteiger partial charge in [-0.05, 0) is 55.8 Å².